The monoisotopic (exact) mass is 240 g/mol. The SMILES string of the molecule is CC(C)[C@@H]1CC[C@@H](C)C[C@@H]1OC(=O)C(C)(C)C. The normalized spacial score (nSPS) is 30.4. The number of carbonyl (C=O) groups is 1. The summed E-state index contributed by atoms with van der Waals surface area (Å²) < 4.78 is 5.76. The van der Waals surface area contributed by atoms with E-state index in [-0.39, 0.29) is 17.5 Å². The maximum atomic E-state index is 12.0. The minimum atomic E-state index is -0.387. The number of carbonyl (C=O) groups excluding carboxylic acids is 1. The van der Waals surface area contributed by atoms with Gasteiger partial charge in [-0.1, -0.05) is 27.2 Å². The van der Waals surface area contributed by atoms with Crippen molar-refractivity contribution in [1.82, 2.24) is 0 Å². The van der Waals surface area contributed by atoms with E-state index >= 15 is 0 Å². The molecule has 0 radical (unpaired) electrons. The Morgan fingerprint density at radius 1 is 1.24 bits per heavy atom. The van der Waals surface area contributed by atoms with Gasteiger partial charge >= 0.3 is 5.97 Å². The lowest BCUT2D eigenvalue weighted by Crippen LogP contribution is -2.38. The molecular weight excluding hydrogens is 212 g/mol. The van der Waals surface area contributed by atoms with Crippen LogP contribution >= 0.6 is 0 Å². The highest BCUT2D eigenvalue weighted by molar-refractivity contribution is 5.75. The molecule has 2 nitrogen and oxygen atoms in total. The molecule has 1 rings (SSSR count). The number of ether oxygens (including phenoxy) is 1. The maximum absolute atomic E-state index is 12.0. The van der Waals surface area contributed by atoms with Crippen LogP contribution in [0.15, 0.2) is 0 Å². The fourth-order valence-electron chi connectivity index (χ4n) is 2.56. The van der Waals surface area contributed by atoms with Crippen molar-refractivity contribution in [3.63, 3.8) is 0 Å². The van der Waals surface area contributed by atoms with Gasteiger partial charge in [-0.25, -0.2) is 0 Å². The first-order chi connectivity index (χ1) is 7.71. The van der Waals surface area contributed by atoms with E-state index in [0.717, 1.165) is 6.42 Å². The van der Waals surface area contributed by atoms with Gasteiger partial charge in [0.05, 0.1) is 5.41 Å². The second-order valence-corrected chi connectivity index (χ2v) is 7.02. The molecule has 0 aromatic rings. The van der Waals surface area contributed by atoms with Gasteiger partial charge < -0.3 is 4.74 Å². The molecule has 1 aliphatic rings. The van der Waals surface area contributed by atoms with Crippen molar-refractivity contribution in [2.75, 3.05) is 0 Å². The summed E-state index contributed by atoms with van der Waals surface area (Å²) in [5.74, 6) is 1.77. The molecule has 0 aromatic carbocycles. The van der Waals surface area contributed by atoms with Crippen molar-refractivity contribution < 1.29 is 9.53 Å². The third-order valence-electron chi connectivity index (χ3n) is 3.83. The lowest BCUT2D eigenvalue weighted by Gasteiger charge is -2.37. The molecule has 0 N–H and O–H groups in total. The largest absolute Gasteiger partial charge is 0.462 e. The van der Waals surface area contributed by atoms with E-state index in [2.05, 4.69) is 20.8 Å². The minimum absolute atomic E-state index is 0.0535. The summed E-state index contributed by atoms with van der Waals surface area (Å²) in [6, 6.07) is 0. The fraction of sp³-hybridized carbons (Fsp3) is 0.933. The summed E-state index contributed by atoms with van der Waals surface area (Å²) in [6.45, 7) is 12.5. The molecule has 2 heteroatoms. The van der Waals surface area contributed by atoms with Crippen LogP contribution < -0.4 is 0 Å². The fourth-order valence-corrected chi connectivity index (χ4v) is 2.56. The van der Waals surface area contributed by atoms with Crippen LogP contribution in [0.5, 0.6) is 0 Å². The molecule has 0 saturated heterocycles. The Labute approximate surface area is 106 Å². The number of hydrogen-bond donors (Lipinski definition) is 0. The highest BCUT2D eigenvalue weighted by Crippen LogP contribution is 2.36. The van der Waals surface area contributed by atoms with E-state index in [1.165, 1.54) is 12.8 Å². The Balaban J connectivity index is 2.67. The minimum Gasteiger partial charge on any atom is -0.462 e. The Hall–Kier alpha value is -0.530. The Bertz CT molecular complexity index is 263. The van der Waals surface area contributed by atoms with E-state index in [1.807, 2.05) is 20.8 Å². The lowest BCUT2D eigenvalue weighted by molar-refractivity contribution is -0.165. The van der Waals surface area contributed by atoms with E-state index in [0.29, 0.717) is 17.8 Å². The molecule has 0 bridgehead atoms. The van der Waals surface area contributed by atoms with Crippen LogP contribution in [-0.2, 0) is 9.53 Å². The molecule has 1 saturated carbocycles. The van der Waals surface area contributed by atoms with Crippen molar-refractivity contribution in [2.45, 2.75) is 66.9 Å². The zero-order valence-electron chi connectivity index (χ0n) is 12.2. The number of esters is 1. The second-order valence-electron chi connectivity index (χ2n) is 7.02. The molecule has 0 aliphatic heterocycles. The molecular formula is C15H28O2. The Morgan fingerprint density at radius 2 is 1.82 bits per heavy atom. The zero-order chi connectivity index (χ0) is 13.2. The quantitative estimate of drug-likeness (QED) is 0.681. The third-order valence-corrected chi connectivity index (χ3v) is 3.83. The summed E-state index contributed by atoms with van der Waals surface area (Å²) in [4.78, 5) is 12.0. The third kappa shape index (κ3) is 4.01. The lowest BCUT2D eigenvalue weighted by atomic mass is 9.75. The topological polar surface area (TPSA) is 26.3 Å². The Kier molecular flexibility index (Phi) is 4.62. The predicted octanol–water partition coefficient (Wildman–Crippen LogP) is 4.04. The van der Waals surface area contributed by atoms with Crippen LogP contribution in [0.3, 0.4) is 0 Å². The van der Waals surface area contributed by atoms with Gasteiger partial charge in [0.15, 0.2) is 0 Å². The van der Waals surface area contributed by atoms with E-state index < -0.39 is 0 Å². The zero-order valence-corrected chi connectivity index (χ0v) is 12.2. The number of rotatable bonds is 2. The van der Waals surface area contributed by atoms with Crippen molar-refractivity contribution in [2.24, 2.45) is 23.2 Å². The van der Waals surface area contributed by atoms with Crippen LogP contribution in [0.1, 0.15) is 60.8 Å². The van der Waals surface area contributed by atoms with Gasteiger partial charge in [-0.2, -0.15) is 0 Å². The predicted molar refractivity (Wildman–Crippen MR) is 70.7 cm³/mol. The highest BCUT2D eigenvalue weighted by atomic mass is 16.5. The first kappa shape index (κ1) is 14.5. The molecule has 1 aliphatic carbocycles. The van der Waals surface area contributed by atoms with Gasteiger partial charge in [0, 0.05) is 0 Å². The average molecular weight is 240 g/mol. The van der Waals surface area contributed by atoms with Crippen LogP contribution in [0.2, 0.25) is 0 Å². The summed E-state index contributed by atoms with van der Waals surface area (Å²) in [5.41, 5.74) is -0.387. The first-order valence-corrected chi connectivity index (χ1v) is 6.93. The molecule has 0 heterocycles. The van der Waals surface area contributed by atoms with Crippen molar-refractivity contribution in [3.05, 3.63) is 0 Å². The van der Waals surface area contributed by atoms with Crippen LogP contribution in [0.4, 0.5) is 0 Å². The standard InChI is InChI=1S/C15H28O2/c1-10(2)12-8-7-11(3)9-13(12)17-14(16)15(4,5)6/h10-13H,7-9H2,1-6H3/t11-,12+,13+/m1/s1. The van der Waals surface area contributed by atoms with Gasteiger partial charge in [0.1, 0.15) is 6.10 Å². The van der Waals surface area contributed by atoms with Gasteiger partial charge in [-0.15, -0.1) is 0 Å². The van der Waals surface area contributed by atoms with Gasteiger partial charge in [0.2, 0.25) is 0 Å². The van der Waals surface area contributed by atoms with Crippen molar-refractivity contribution in [1.29, 1.82) is 0 Å². The van der Waals surface area contributed by atoms with E-state index in [4.69, 9.17) is 4.74 Å². The molecule has 0 aromatic heterocycles. The van der Waals surface area contributed by atoms with Crippen LogP contribution in [0.25, 0.3) is 0 Å². The second kappa shape index (κ2) is 5.41. The molecule has 17 heavy (non-hydrogen) atoms. The average Bonchev–Trinajstić information content (AvgIpc) is 2.15. The van der Waals surface area contributed by atoms with E-state index in [9.17, 15) is 4.79 Å². The van der Waals surface area contributed by atoms with Crippen LogP contribution in [0, 0.1) is 23.2 Å². The van der Waals surface area contributed by atoms with Crippen LogP contribution in [-0.4, -0.2) is 12.1 Å². The number of hydrogen-bond acceptors (Lipinski definition) is 2. The molecule has 0 amide bonds. The Morgan fingerprint density at radius 3 is 2.29 bits per heavy atom. The highest BCUT2D eigenvalue weighted by Gasteiger charge is 2.35. The maximum Gasteiger partial charge on any atom is 0.311 e. The molecule has 0 unspecified atom stereocenters. The van der Waals surface area contributed by atoms with Gasteiger partial charge in [-0.3, -0.25) is 4.79 Å². The smallest absolute Gasteiger partial charge is 0.311 e. The molecule has 100 valence electrons. The summed E-state index contributed by atoms with van der Waals surface area (Å²) in [7, 11) is 0. The van der Waals surface area contributed by atoms with Gasteiger partial charge in [0.25, 0.3) is 0 Å². The van der Waals surface area contributed by atoms with Gasteiger partial charge in [-0.05, 0) is 51.4 Å². The molecule has 3 atom stereocenters. The van der Waals surface area contributed by atoms with E-state index in [1.54, 1.807) is 0 Å². The summed E-state index contributed by atoms with van der Waals surface area (Å²) >= 11 is 0. The summed E-state index contributed by atoms with van der Waals surface area (Å²) in [6.07, 6.45) is 3.63. The molecule has 0 spiro atoms. The molecule has 1 fully saturated rings. The summed E-state index contributed by atoms with van der Waals surface area (Å²) in [5, 5.41) is 0. The first-order valence-electron chi connectivity index (χ1n) is 6.93. The van der Waals surface area contributed by atoms with Crippen molar-refractivity contribution >= 4 is 5.97 Å². The van der Waals surface area contributed by atoms with Crippen molar-refractivity contribution in [3.8, 4) is 0 Å².